The highest BCUT2D eigenvalue weighted by molar-refractivity contribution is 7.10. The van der Waals surface area contributed by atoms with Gasteiger partial charge < -0.3 is 10.2 Å². The van der Waals surface area contributed by atoms with E-state index >= 15 is 0 Å². The van der Waals surface area contributed by atoms with Gasteiger partial charge in [-0.2, -0.15) is 0 Å². The normalized spacial score (nSPS) is 37.6. The average Bonchev–Trinajstić information content (AvgIpc) is 2.89. The summed E-state index contributed by atoms with van der Waals surface area (Å²) in [6.45, 7) is 0. The minimum Gasteiger partial charge on any atom is -0.307 e. The van der Waals surface area contributed by atoms with Crippen LogP contribution >= 0.6 is 11.3 Å². The minimum atomic E-state index is 0.638. The van der Waals surface area contributed by atoms with Gasteiger partial charge >= 0.3 is 0 Å². The zero-order chi connectivity index (χ0) is 13.5. The van der Waals surface area contributed by atoms with Gasteiger partial charge in [-0.1, -0.05) is 6.42 Å². The smallest absolute Gasteiger partial charge is 0.0333 e. The Morgan fingerprint density at radius 2 is 1.95 bits per heavy atom. The van der Waals surface area contributed by atoms with Crippen LogP contribution in [0.2, 0.25) is 0 Å². The molecule has 0 saturated carbocycles. The van der Waals surface area contributed by atoms with E-state index in [9.17, 15) is 0 Å². The van der Waals surface area contributed by atoms with Crippen molar-refractivity contribution in [2.75, 3.05) is 7.05 Å². The summed E-state index contributed by atoms with van der Waals surface area (Å²) < 4.78 is 0. The second-order valence-corrected chi connectivity index (χ2v) is 7.98. The van der Waals surface area contributed by atoms with Gasteiger partial charge in [0.25, 0.3) is 0 Å². The van der Waals surface area contributed by atoms with Gasteiger partial charge in [0, 0.05) is 29.0 Å². The Kier molecular flexibility index (Phi) is 3.61. The van der Waals surface area contributed by atoms with E-state index < -0.39 is 0 Å². The maximum absolute atomic E-state index is 4.03. The van der Waals surface area contributed by atoms with Gasteiger partial charge in [0.05, 0.1) is 0 Å². The number of nitrogens with one attached hydrogen (secondary N) is 1. The summed E-state index contributed by atoms with van der Waals surface area (Å²) in [6.07, 6.45) is 11.0. The number of fused-ring (bicyclic) bond motifs is 3. The molecule has 3 aliphatic rings. The molecule has 3 heterocycles. The predicted molar refractivity (Wildman–Crippen MR) is 85.3 cm³/mol. The molecule has 110 valence electrons. The summed E-state index contributed by atoms with van der Waals surface area (Å²) in [5, 5.41) is 6.32. The highest BCUT2D eigenvalue weighted by Crippen LogP contribution is 2.37. The summed E-state index contributed by atoms with van der Waals surface area (Å²) in [6, 6.07) is 5.43. The highest BCUT2D eigenvalue weighted by Gasteiger charge is 2.37. The van der Waals surface area contributed by atoms with Crippen molar-refractivity contribution in [1.82, 2.24) is 10.2 Å². The van der Waals surface area contributed by atoms with Crippen molar-refractivity contribution in [3.63, 3.8) is 0 Å². The maximum atomic E-state index is 4.03. The Balaban J connectivity index is 1.46. The fraction of sp³-hybridized carbons (Fsp3) is 0.765. The summed E-state index contributed by atoms with van der Waals surface area (Å²) in [5.74, 6) is 0. The number of piperidine rings is 2. The van der Waals surface area contributed by atoms with E-state index in [0.717, 1.165) is 18.1 Å². The molecule has 0 radical (unpaired) electrons. The lowest BCUT2D eigenvalue weighted by Crippen LogP contribution is -2.55. The molecular weight excluding hydrogens is 264 g/mol. The van der Waals surface area contributed by atoms with E-state index in [1.165, 1.54) is 51.4 Å². The van der Waals surface area contributed by atoms with E-state index in [4.69, 9.17) is 0 Å². The number of nitrogens with zero attached hydrogens (tertiary/aromatic N) is 1. The van der Waals surface area contributed by atoms with Crippen LogP contribution in [0.1, 0.15) is 61.4 Å². The van der Waals surface area contributed by atoms with Gasteiger partial charge in [0.2, 0.25) is 0 Å². The lowest BCUT2D eigenvalue weighted by Gasteiger charge is -2.48. The highest BCUT2D eigenvalue weighted by atomic mass is 32.1. The van der Waals surface area contributed by atoms with E-state index in [-0.39, 0.29) is 0 Å². The molecule has 2 nitrogen and oxygen atoms in total. The van der Waals surface area contributed by atoms with E-state index in [1.807, 2.05) is 11.3 Å². The Bertz CT molecular complexity index is 455. The molecule has 2 bridgehead atoms. The van der Waals surface area contributed by atoms with Crippen molar-refractivity contribution in [3.8, 4) is 0 Å². The first kappa shape index (κ1) is 13.3. The third kappa shape index (κ3) is 2.34. The van der Waals surface area contributed by atoms with Gasteiger partial charge in [0.15, 0.2) is 0 Å². The molecule has 4 rings (SSSR count). The molecule has 20 heavy (non-hydrogen) atoms. The molecule has 3 unspecified atom stereocenters. The number of thiophene rings is 1. The third-order valence-corrected chi connectivity index (χ3v) is 6.83. The van der Waals surface area contributed by atoms with Crippen LogP contribution in [0, 0.1) is 0 Å². The van der Waals surface area contributed by atoms with Crippen LogP contribution in [0.4, 0.5) is 0 Å². The van der Waals surface area contributed by atoms with Crippen molar-refractivity contribution in [2.45, 2.75) is 75.5 Å². The first-order valence-corrected chi connectivity index (χ1v) is 9.23. The molecule has 2 fully saturated rings. The van der Waals surface area contributed by atoms with Crippen molar-refractivity contribution in [1.29, 1.82) is 0 Å². The second kappa shape index (κ2) is 5.43. The fourth-order valence-electron chi connectivity index (χ4n) is 4.70. The zero-order valence-corrected chi connectivity index (χ0v) is 13.3. The molecule has 0 amide bonds. The second-order valence-electron chi connectivity index (χ2n) is 6.98. The number of hydrogen-bond donors (Lipinski definition) is 1. The van der Waals surface area contributed by atoms with Crippen LogP contribution in [-0.4, -0.2) is 30.1 Å². The minimum absolute atomic E-state index is 0.638. The van der Waals surface area contributed by atoms with Crippen LogP contribution < -0.4 is 5.32 Å². The number of aryl methyl sites for hydroxylation is 1. The van der Waals surface area contributed by atoms with Crippen molar-refractivity contribution in [2.24, 2.45) is 0 Å². The Morgan fingerprint density at radius 1 is 1.15 bits per heavy atom. The lowest BCUT2D eigenvalue weighted by molar-refractivity contribution is 0.0452. The standard InChI is InChI=1S/C17H26N2S/c1-19-13-4-2-5-14(19)11-12(10-13)18-16-6-3-7-17-15(16)8-9-20-17/h8-9,12-14,16,18H,2-7,10-11H2,1H3. The van der Waals surface area contributed by atoms with Gasteiger partial charge in [-0.15, -0.1) is 11.3 Å². The first-order valence-electron chi connectivity index (χ1n) is 8.35. The largest absolute Gasteiger partial charge is 0.307 e. The van der Waals surface area contributed by atoms with Gasteiger partial charge in [-0.05, 0) is 69.0 Å². The first-order chi connectivity index (χ1) is 9.81. The Morgan fingerprint density at radius 3 is 2.75 bits per heavy atom. The van der Waals surface area contributed by atoms with E-state index in [2.05, 4.69) is 28.7 Å². The van der Waals surface area contributed by atoms with Gasteiger partial charge in [-0.25, -0.2) is 0 Å². The summed E-state index contributed by atoms with van der Waals surface area (Å²) in [5.41, 5.74) is 1.62. The molecule has 2 aliphatic heterocycles. The average molecular weight is 290 g/mol. The monoisotopic (exact) mass is 290 g/mol. The third-order valence-electron chi connectivity index (χ3n) is 5.83. The molecule has 0 spiro atoms. The SMILES string of the molecule is CN1C2CCCC1CC(NC1CCCc3sccc31)C2. The quantitative estimate of drug-likeness (QED) is 0.893. The van der Waals surface area contributed by atoms with Crippen LogP contribution in [0.25, 0.3) is 0 Å². The van der Waals surface area contributed by atoms with E-state index in [1.54, 1.807) is 10.4 Å². The molecule has 0 aromatic carbocycles. The van der Waals surface area contributed by atoms with Crippen LogP contribution in [0.15, 0.2) is 11.4 Å². The van der Waals surface area contributed by atoms with Crippen molar-refractivity contribution in [3.05, 3.63) is 21.9 Å². The Labute approximate surface area is 126 Å². The number of rotatable bonds is 2. The summed E-state index contributed by atoms with van der Waals surface area (Å²) in [7, 11) is 2.35. The van der Waals surface area contributed by atoms with Gasteiger partial charge in [-0.3, -0.25) is 0 Å². The molecule has 2 saturated heterocycles. The maximum Gasteiger partial charge on any atom is 0.0333 e. The predicted octanol–water partition coefficient (Wildman–Crippen LogP) is 3.73. The van der Waals surface area contributed by atoms with Crippen LogP contribution in [0.3, 0.4) is 0 Å². The number of hydrogen-bond acceptors (Lipinski definition) is 3. The van der Waals surface area contributed by atoms with Gasteiger partial charge in [0.1, 0.15) is 0 Å². The molecule has 1 N–H and O–H groups in total. The zero-order valence-electron chi connectivity index (χ0n) is 12.5. The fourth-order valence-corrected chi connectivity index (χ4v) is 5.68. The molecule has 3 heteroatoms. The molecule has 1 aliphatic carbocycles. The van der Waals surface area contributed by atoms with Crippen molar-refractivity contribution < 1.29 is 0 Å². The molecule has 3 atom stereocenters. The van der Waals surface area contributed by atoms with E-state index in [0.29, 0.717) is 6.04 Å². The van der Waals surface area contributed by atoms with Crippen LogP contribution in [-0.2, 0) is 6.42 Å². The molecular formula is C17H26N2S. The lowest BCUT2D eigenvalue weighted by atomic mass is 9.81. The summed E-state index contributed by atoms with van der Waals surface area (Å²) >= 11 is 1.96. The topological polar surface area (TPSA) is 15.3 Å². The Hall–Kier alpha value is -0.380. The molecule has 1 aromatic rings. The molecule has 1 aromatic heterocycles. The van der Waals surface area contributed by atoms with Crippen molar-refractivity contribution >= 4 is 11.3 Å². The van der Waals surface area contributed by atoms with Crippen LogP contribution in [0.5, 0.6) is 0 Å². The summed E-state index contributed by atoms with van der Waals surface area (Å²) in [4.78, 5) is 4.31.